The zero-order valence-electron chi connectivity index (χ0n) is 72.3. The van der Waals surface area contributed by atoms with E-state index in [2.05, 4.69) is 139 Å². The lowest BCUT2D eigenvalue weighted by Crippen LogP contribution is -2.63. The molecule has 0 atom stereocenters. The molecular formula is C93H101Cl3N24O7. The van der Waals surface area contributed by atoms with Crippen molar-refractivity contribution in [3.8, 4) is 67.2 Å². The summed E-state index contributed by atoms with van der Waals surface area (Å²) in [5.74, 6) is 0.261. The number of nitrogen functional groups attached to an aromatic ring is 3. The number of fused-ring (bicyclic) bond motifs is 6. The zero-order valence-corrected chi connectivity index (χ0v) is 74.6. The lowest BCUT2D eigenvalue weighted by atomic mass is 9.60. The van der Waals surface area contributed by atoms with E-state index in [-0.39, 0.29) is 34.7 Å². The summed E-state index contributed by atoms with van der Waals surface area (Å²) in [6.45, 7) is 31.7. The molecular weight excluding hydrogens is 1670 g/mol. The second-order valence-electron chi connectivity index (χ2n) is 35.1. The molecule has 15 aromatic rings. The molecule has 127 heavy (non-hydrogen) atoms. The first-order valence-corrected chi connectivity index (χ1v) is 43.6. The average Bonchev–Trinajstić information content (AvgIpc) is 1.63. The van der Waals surface area contributed by atoms with E-state index >= 15 is 0 Å². The van der Waals surface area contributed by atoms with Crippen molar-refractivity contribution in [2.45, 2.75) is 118 Å². The maximum Gasteiger partial charge on any atom is 0.327 e. The third kappa shape index (κ3) is 15.1. The molecule has 6 aromatic carbocycles. The Kier molecular flexibility index (Phi) is 22.4. The van der Waals surface area contributed by atoms with Crippen LogP contribution in [0.25, 0.3) is 133 Å². The summed E-state index contributed by atoms with van der Waals surface area (Å²) in [4.78, 5) is 37.1. The highest BCUT2D eigenvalue weighted by Gasteiger charge is 2.56. The first kappa shape index (κ1) is 85.3. The number of benzene rings is 6. The predicted octanol–water partition coefficient (Wildman–Crippen LogP) is 15.7. The van der Waals surface area contributed by atoms with Gasteiger partial charge in [0.15, 0.2) is 17.5 Å². The second-order valence-corrected chi connectivity index (χ2v) is 36.2. The second kappa shape index (κ2) is 33.4. The number of ether oxygens (including phenoxy) is 3. The van der Waals surface area contributed by atoms with Crippen LogP contribution in [0, 0.1) is 57.8 Å². The van der Waals surface area contributed by atoms with Gasteiger partial charge in [-0.25, -0.2) is 4.79 Å². The maximum absolute atomic E-state index is 12.1. The van der Waals surface area contributed by atoms with E-state index in [1.165, 1.54) is 12.2 Å². The number of H-pyrrole nitrogens is 3. The Bertz CT molecular complexity index is 6650. The Balaban J connectivity index is 0.000000126. The van der Waals surface area contributed by atoms with Gasteiger partial charge in [0.1, 0.15) is 17.1 Å². The number of hydrogen-bond donors (Lipinski definition) is 8. The van der Waals surface area contributed by atoms with Crippen molar-refractivity contribution in [2.24, 2.45) is 16.2 Å². The van der Waals surface area contributed by atoms with E-state index < -0.39 is 5.97 Å². The molecule has 3 aliphatic heterocycles. The van der Waals surface area contributed by atoms with Gasteiger partial charge in [-0.1, -0.05) is 72.7 Å². The number of likely N-dealkylation sites (tertiary alicyclic amines) is 2. The number of carbonyl (C=O) groups excluding carboxylic acids is 2. The number of anilines is 3. The lowest BCUT2D eigenvalue weighted by Gasteiger charge is -2.58. The van der Waals surface area contributed by atoms with Crippen LogP contribution in [-0.2, 0) is 48.2 Å². The molecule has 2 amide bonds. The molecule has 11 N–H and O–H groups in total. The molecule has 6 fully saturated rings. The monoisotopic (exact) mass is 1770 g/mol. The predicted molar refractivity (Wildman–Crippen MR) is 497 cm³/mol. The molecule has 9 aromatic heterocycles. The highest BCUT2D eigenvalue weighted by Crippen LogP contribution is 2.59. The van der Waals surface area contributed by atoms with Gasteiger partial charge < -0.3 is 51.6 Å². The lowest BCUT2D eigenvalue weighted by molar-refractivity contribution is -0.149. The van der Waals surface area contributed by atoms with Crippen LogP contribution in [0.3, 0.4) is 0 Å². The number of amides is 2. The fourth-order valence-electron chi connectivity index (χ4n) is 20.1. The molecule has 12 heterocycles. The van der Waals surface area contributed by atoms with Gasteiger partial charge in [-0.3, -0.25) is 53.0 Å². The Hall–Kier alpha value is -12.5. The first-order chi connectivity index (χ1) is 61.1. The standard InChI is InChI=1S/2C31H33ClN8O2.C28H31ClN8O.C3H4O2/c2*1-5-24(41)38-15-31(16-38)12-21(13-31)40-18(3)25(27-26-23(34-35-30(26)33)10-17(2)28(27)32)29(37-40)19-6-7-22-20(11-19)14-39(36-22)8-9-42-4;1-15-8-21-23(27(30)33-32-21)24(25(15)29)22-16(2)37(19-10-28(11-19)13-31-14-28)35-26(22)17-4-5-20-18(9-17)12-36(34-20)6-7-38-3;1-2-3(4)5/h2*5-7,10-11,14,21H,1,8-9,12-13,15-16H2,2-4H3,(H3,33,34,35);4-5,8-9,12,19,31H,6-7,10-11,13-14H2,1-3H3,(H3,30,32,33);2H,1H2,(H,4,5). The van der Waals surface area contributed by atoms with Crippen molar-refractivity contribution in [2.75, 3.05) is 97.6 Å². The van der Waals surface area contributed by atoms with Crippen molar-refractivity contribution in [1.82, 2.24) is 104 Å². The highest BCUT2D eigenvalue weighted by molar-refractivity contribution is 6.38. The molecule has 31 nitrogen and oxygen atoms in total. The number of carboxylic acids is 1. The molecule has 0 bridgehead atoms. The van der Waals surface area contributed by atoms with Crippen LogP contribution in [0.1, 0.15) is 90.4 Å². The third-order valence-corrected chi connectivity index (χ3v) is 28.0. The molecule has 0 radical (unpaired) electrons. The molecule has 656 valence electrons. The summed E-state index contributed by atoms with van der Waals surface area (Å²) in [6, 6.07) is 25.6. The number of carboxylic acid groups (broad SMARTS) is 1. The number of aromatic amines is 3. The number of rotatable bonds is 21. The normalized spacial score (nSPS) is 16.6. The van der Waals surface area contributed by atoms with Crippen LogP contribution in [0.2, 0.25) is 15.1 Å². The van der Waals surface area contributed by atoms with Crippen LogP contribution in [0.4, 0.5) is 17.5 Å². The first-order valence-electron chi connectivity index (χ1n) is 42.4. The number of aliphatic carboxylic acids is 1. The number of nitrogens with two attached hydrogens (primary N) is 3. The van der Waals surface area contributed by atoms with Crippen LogP contribution in [-0.4, -0.2) is 202 Å². The summed E-state index contributed by atoms with van der Waals surface area (Å²) >= 11 is 21.2. The van der Waals surface area contributed by atoms with E-state index in [4.69, 9.17) is 102 Å². The Morgan fingerprint density at radius 2 is 0.740 bits per heavy atom. The number of carbonyl (C=O) groups is 3. The maximum atomic E-state index is 12.1. The van der Waals surface area contributed by atoms with Gasteiger partial charge in [-0.05, 0) is 169 Å². The molecule has 3 spiro atoms. The summed E-state index contributed by atoms with van der Waals surface area (Å²) in [5, 5.41) is 70.6. The minimum atomic E-state index is -0.981. The van der Waals surface area contributed by atoms with Crippen LogP contribution < -0.4 is 22.5 Å². The third-order valence-electron chi connectivity index (χ3n) is 26.5. The Labute approximate surface area is 746 Å². The van der Waals surface area contributed by atoms with Crippen molar-refractivity contribution in [3.63, 3.8) is 0 Å². The number of nitrogens with one attached hydrogen (secondary N) is 4. The fourth-order valence-corrected chi connectivity index (χ4v) is 20.8. The van der Waals surface area contributed by atoms with E-state index in [0.717, 1.165) is 250 Å². The van der Waals surface area contributed by atoms with Gasteiger partial charge in [-0.2, -0.15) is 45.9 Å². The smallest absolute Gasteiger partial charge is 0.327 e. The van der Waals surface area contributed by atoms with Crippen LogP contribution in [0.15, 0.2) is 129 Å². The number of hydrogen-bond acceptors (Lipinski definition) is 19. The van der Waals surface area contributed by atoms with Gasteiger partial charge >= 0.3 is 5.97 Å². The van der Waals surface area contributed by atoms with Crippen LogP contribution >= 0.6 is 34.8 Å². The molecule has 0 unspecified atom stereocenters. The molecule has 6 aliphatic rings. The Morgan fingerprint density at radius 1 is 0.449 bits per heavy atom. The van der Waals surface area contributed by atoms with Crippen molar-refractivity contribution in [3.05, 3.63) is 178 Å². The van der Waals surface area contributed by atoms with E-state index in [9.17, 15) is 14.4 Å². The summed E-state index contributed by atoms with van der Waals surface area (Å²) in [6.07, 6.45) is 15.9. The molecule has 3 saturated heterocycles. The minimum absolute atomic E-state index is 0.000610. The van der Waals surface area contributed by atoms with Gasteiger partial charge in [0.05, 0.1) is 122 Å². The number of halogens is 3. The molecule has 3 aliphatic carbocycles. The number of aryl methyl sites for hydroxylation is 3. The molecule has 3 saturated carbocycles. The van der Waals surface area contributed by atoms with Gasteiger partial charge in [0.25, 0.3) is 0 Å². The fraction of sp³-hybridized carbons (Fsp3) is 0.355. The summed E-state index contributed by atoms with van der Waals surface area (Å²) in [5.41, 5.74) is 42.3. The number of nitrogens with zero attached hydrogens (tertiary/aromatic N) is 17. The molecule has 34 heteroatoms. The largest absolute Gasteiger partial charge is 0.478 e. The van der Waals surface area contributed by atoms with E-state index in [0.29, 0.717) is 83.4 Å². The topological polar surface area (TPSA) is 389 Å². The Morgan fingerprint density at radius 3 is 1.00 bits per heavy atom. The SMILES string of the molecule is C=CC(=O)N1CC2(CC(n3nc(-c4ccc5nn(CCOC)cc5c4)c(-c4c(Cl)c(C)cc5[nH]nc(N)c45)c3C)C2)C1.C=CC(=O)N1CC2(CC(n3nc(-c4ccc5nn(CCOC)cc5c4)c(-c4c(Cl)c(C)cc5[nH]nc(N)c45)c3C)C2)C1.C=CC(=O)O.COCCn1cc2cc(-c3nn(C4CC5(CNC5)C4)c(C)c3-c3c(Cl)c(C)cc4[nH]nc(N)c34)ccc2n1. The quantitative estimate of drug-likeness (QED) is 0.0310. The number of aromatic nitrogens is 18. The van der Waals surface area contributed by atoms with Gasteiger partial charge in [0, 0.05) is 179 Å². The zero-order chi connectivity index (χ0) is 89.1. The van der Waals surface area contributed by atoms with Gasteiger partial charge in [-0.15, -0.1) is 0 Å². The van der Waals surface area contributed by atoms with E-state index in [1.54, 1.807) is 21.3 Å². The molecule has 21 rings (SSSR count). The van der Waals surface area contributed by atoms with Gasteiger partial charge in [0.2, 0.25) is 11.8 Å². The van der Waals surface area contributed by atoms with Crippen molar-refractivity contribution in [1.29, 1.82) is 0 Å². The minimum Gasteiger partial charge on any atom is -0.478 e. The average molecular weight is 1770 g/mol. The van der Waals surface area contributed by atoms with Crippen molar-refractivity contribution >= 4 is 135 Å². The highest BCUT2D eigenvalue weighted by atomic mass is 35.5. The number of methoxy groups -OCH3 is 3. The summed E-state index contributed by atoms with van der Waals surface area (Å²) < 4.78 is 28.0. The summed E-state index contributed by atoms with van der Waals surface area (Å²) in [7, 11) is 5.08. The van der Waals surface area contributed by atoms with Crippen molar-refractivity contribution < 1.29 is 33.7 Å². The van der Waals surface area contributed by atoms with Crippen LogP contribution in [0.5, 0.6) is 0 Å². The van der Waals surface area contributed by atoms with E-state index in [1.807, 2.05) is 87.3 Å².